The Bertz CT molecular complexity index is 841. The summed E-state index contributed by atoms with van der Waals surface area (Å²) < 4.78 is 36.3. The Morgan fingerprint density at radius 2 is 2.00 bits per heavy atom. The zero-order valence-corrected chi connectivity index (χ0v) is 13.1. The topological polar surface area (TPSA) is 76.7 Å². The number of carbonyl (C=O) groups is 2. The van der Waals surface area contributed by atoms with Crippen molar-refractivity contribution in [3.63, 3.8) is 0 Å². The Balaban J connectivity index is 1.82. The second-order valence-corrected chi connectivity index (χ2v) is 5.31. The second-order valence-electron chi connectivity index (χ2n) is 5.31. The van der Waals surface area contributed by atoms with Gasteiger partial charge in [-0.3, -0.25) is 4.79 Å². The van der Waals surface area contributed by atoms with E-state index in [1.165, 1.54) is 19.2 Å². The van der Waals surface area contributed by atoms with Crippen LogP contribution in [0.15, 0.2) is 36.4 Å². The number of para-hydroxylation sites is 1. The smallest absolute Gasteiger partial charge is 0.407 e. The van der Waals surface area contributed by atoms with Crippen LogP contribution in [0.5, 0.6) is 5.75 Å². The van der Waals surface area contributed by atoms with E-state index in [9.17, 15) is 18.4 Å². The van der Waals surface area contributed by atoms with Crippen molar-refractivity contribution in [2.75, 3.05) is 19.0 Å². The fourth-order valence-electron chi connectivity index (χ4n) is 2.52. The normalized spacial score (nSPS) is 15.1. The maximum absolute atomic E-state index is 13.3. The summed E-state index contributed by atoms with van der Waals surface area (Å²) in [6.07, 6.45) is -0.613. The Morgan fingerprint density at radius 1 is 1.20 bits per heavy atom. The predicted molar refractivity (Wildman–Crippen MR) is 84.5 cm³/mol. The van der Waals surface area contributed by atoms with Gasteiger partial charge in [-0.25, -0.2) is 13.6 Å². The van der Waals surface area contributed by atoms with Gasteiger partial charge >= 0.3 is 6.09 Å². The molecule has 1 aliphatic heterocycles. The zero-order chi connectivity index (χ0) is 18.0. The van der Waals surface area contributed by atoms with Gasteiger partial charge in [0.25, 0.3) is 5.91 Å². The van der Waals surface area contributed by atoms with Crippen LogP contribution in [0.4, 0.5) is 19.3 Å². The number of ether oxygens (including phenoxy) is 2. The molecule has 0 unspecified atom stereocenters. The highest BCUT2D eigenvalue weighted by Gasteiger charge is 2.29. The molecule has 2 amide bonds. The number of carbonyl (C=O) groups excluding carboxylic acids is 2. The molecule has 0 spiro atoms. The third kappa shape index (κ3) is 3.37. The lowest BCUT2D eigenvalue weighted by molar-refractivity contribution is 0.102. The van der Waals surface area contributed by atoms with Crippen molar-refractivity contribution in [2.24, 2.45) is 0 Å². The van der Waals surface area contributed by atoms with Gasteiger partial charge in [-0.15, -0.1) is 0 Å². The van der Waals surface area contributed by atoms with Crippen LogP contribution in [-0.2, 0) is 4.74 Å². The molecule has 130 valence electrons. The SMILES string of the molecule is COC(=O)N[C@H]1COc2c(C(=O)Nc3ccc(F)c(F)c3)cccc21. The fraction of sp³-hybridized carbons (Fsp3) is 0.176. The Hall–Kier alpha value is -3.16. The van der Waals surface area contributed by atoms with Gasteiger partial charge in [0.1, 0.15) is 12.4 Å². The summed E-state index contributed by atoms with van der Waals surface area (Å²) in [6.45, 7) is 0.153. The number of benzene rings is 2. The number of alkyl carbamates (subject to hydrolysis) is 1. The van der Waals surface area contributed by atoms with E-state index in [1.807, 2.05) is 0 Å². The van der Waals surface area contributed by atoms with E-state index in [-0.39, 0.29) is 17.9 Å². The van der Waals surface area contributed by atoms with Gasteiger partial charge in [-0.2, -0.15) is 0 Å². The van der Waals surface area contributed by atoms with Crippen LogP contribution in [0.1, 0.15) is 22.0 Å². The molecule has 1 heterocycles. The Morgan fingerprint density at radius 3 is 2.72 bits per heavy atom. The third-order valence-corrected chi connectivity index (χ3v) is 3.71. The molecule has 1 aliphatic rings. The lowest BCUT2D eigenvalue weighted by Gasteiger charge is -2.11. The highest BCUT2D eigenvalue weighted by atomic mass is 19.2. The van der Waals surface area contributed by atoms with E-state index in [4.69, 9.17) is 4.74 Å². The predicted octanol–water partition coefficient (Wildman–Crippen LogP) is 3.01. The number of halogens is 2. The maximum atomic E-state index is 13.3. The van der Waals surface area contributed by atoms with Gasteiger partial charge in [0, 0.05) is 17.3 Å². The van der Waals surface area contributed by atoms with Crippen LogP contribution in [0.2, 0.25) is 0 Å². The summed E-state index contributed by atoms with van der Waals surface area (Å²) in [5.41, 5.74) is 0.962. The van der Waals surface area contributed by atoms with Gasteiger partial charge in [0.15, 0.2) is 11.6 Å². The number of nitrogens with one attached hydrogen (secondary N) is 2. The minimum Gasteiger partial charge on any atom is -0.490 e. The minimum absolute atomic E-state index is 0.115. The van der Waals surface area contributed by atoms with Crippen molar-refractivity contribution >= 4 is 17.7 Å². The van der Waals surface area contributed by atoms with Gasteiger partial charge < -0.3 is 20.1 Å². The van der Waals surface area contributed by atoms with Crippen molar-refractivity contribution < 1.29 is 27.8 Å². The van der Waals surface area contributed by atoms with E-state index in [1.54, 1.807) is 12.1 Å². The monoisotopic (exact) mass is 348 g/mol. The van der Waals surface area contributed by atoms with Crippen molar-refractivity contribution in [1.82, 2.24) is 5.32 Å². The highest BCUT2D eigenvalue weighted by molar-refractivity contribution is 6.06. The van der Waals surface area contributed by atoms with Crippen LogP contribution < -0.4 is 15.4 Å². The summed E-state index contributed by atoms with van der Waals surface area (Å²) in [7, 11) is 1.25. The molecule has 6 nitrogen and oxygen atoms in total. The van der Waals surface area contributed by atoms with Gasteiger partial charge in [-0.1, -0.05) is 12.1 Å². The summed E-state index contributed by atoms with van der Waals surface area (Å²) in [5, 5.41) is 5.09. The number of hydrogen-bond donors (Lipinski definition) is 2. The Kier molecular flexibility index (Phi) is 4.51. The fourth-order valence-corrected chi connectivity index (χ4v) is 2.52. The van der Waals surface area contributed by atoms with Crippen molar-refractivity contribution in [3.05, 3.63) is 59.2 Å². The second kappa shape index (κ2) is 6.76. The summed E-state index contributed by atoms with van der Waals surface area (Å²) in [5.74, 6) is -2.28. The summed E-state index contributed by atoms with van der Waals surface area (Å²) >= 11 is 0. The molecule has 0 radical (unpaired) electrons. The Labute approximate surface area is 141 Å². The van der Waals surface area contributed by atoms with Gasteiger partial charge in [0.2, 0.25) is 0 Å². The molecule has 0 saturated carbocycles. The number of anilines is 1. The maximum Gasteiger partial charge on any atom is 0.407 e. The van der Waals surface area contributed by atoms with E-state index >= 15 is 0 Å². The van der Waals surface area contributed by atoms with E-state index in [0.29, 0.717) is 11.3 Å². The average Bonchev–Trinajstić information content (AvgIpc) is 3.01. The number of rotatable bonds is 3. The van der Waals surface area contributed by atoms with Gasteiger partial charge in [-0.05, 0) is 18.2 Å². The average molecular weight is 348 g/mol. The summed E-state index contributed by atoms with van der Waals surface area (Å²) in [6, 6.07) is 7.51. The highest BCUT2D eigenvalue weighted by Crippen LogP contribution is 2.35. The lowest BCUT2D eigenvalue weighted by Crippen LogP contribution is -2.29. The van der Waals surface area contributed by atoms with Crippen LogP contribution in [0.25, 0.3) is 0 Å². The number of fused-ring (bicyclic) bond motifs is 1. The van der Waals surface area contributed by atoms with Gasteiger partial charge in [0.05, 0.1) is 18.7 Å². The minimum atomic E-state index is -1.06. The van der Waals surface area contributed by atoms with Crippen LogP contribution in [-0.4, -0.2) is 25.7 Å². The summed E-state index contributed by atoms with van der Waals surface area (Å²) in [4.78, 5) is 23.8. The molecule has 25 heavy (non-hydrogen) atoms. The van der Waals surface area contributed by atoms with Crippen molar-refractivity contribution in [1.29, 1.82) is 0 Å². The quantitative estimate of drug-likeness (QED) is 0.894. The molecule has 0 bridgehead atoms. The number of methoxy groups -OCH3 is 1. The first kappa shape index (κ1) is 16.7. The van der Waals surface area contributed by atoms with E-state index in [2.05, 4.69) is 15.4 Å². The van der Waals surface area contributed by atoms with Crippen LogP contribution in [0.3, 0.4) is 0 Å². The molecular weight excluding hydrogens is 334 g/mol. The lowest BCUT2D eigenvalue weighted by atomic mass is 10.0. The molecule has 0 fully saturated rings. The van der Waals surface area contributed by atoms with Crippen molar-refractivity contribution in [3.8, 4) is 5.75 Å². The molecule has 8 heteroatoms. The van der Waals surface area contributed by atoms with Crippen LogP contribution in [0, 0.1) is 11.6 Å². The largest absolute Gasteiger partial charge is 0.490 e. The number of amides is 2. The molecule has 0 aromatic heterocycles. The molecule has 0 aliphatic carbocycles. The molecule has 2 aromatic carbocycles. The first-order valence-electron chi connectivity index (χ1n) is 7.36. The number of hydrogen-bond acceptors (Lipinski definition) is 4. The first-order chi connectivity index (χ1) is 12.0. The molecule has 0 saturated heterocycles. The van der Waals surface area contributed by atoms with E-state index in [0.717, 1.165) is 12.1 Å². The molecule has 1 atom stereocenters. The van der Waals surface area contributed by atoms with E-state index < -0.39 is 29.7 Å². The molecule has 3 rings (SSSR count). The molecule has 2 N–H and O–H groups in total. The standard InChI is InChI=1S/C17H14F2N2O4/c1-24-17(23)21-14-8-25-15-10(14)3-2-4-11(15)16(22)20-9-5-6-12(18)13(19)7-9/h2-7,14H,8H2,1H3,(H,20,22)(H,21,23)/t14-/m0/s1. The zero-order valence-electron chi connectivity index (χ0n) is 13.1. The molecular formula is C17H14F2N2O4. The van der Waals surface area contributed by atoms with Crippen LogP contribution >= 0.6 is 0 Å². The first-order valence-corrected chi connectivity index (χ1v) is 7.36. The van der Waals surface area contributed by atoms with Crippen molar-refractivity contribution in [2.45, 2.75) is 6.04 Å². The molecule has 2 aromatic rings. The third-order valence-electron chi connectivity index (χ3n) is 3.71.